The van der Waals surface area contributed by atoms with Gasteiger partial charge in [-0.05, 0) is 30.4 Å². The second-order valence-corrected chi connectivity index (χ2v) is 6.10. The minimum Gasteiger partial charge on any atom is -0.339 e. The third-order valence-electron chi connectivity index (χ3n) is 3.54. The highest BCUT2D eigenvalue weighted by molar-refractivity contribution is 7.12. The van der Waals surface area contributed by atoms with Gasteiger partial charge in [0.1, 0.15) is 0 Å². The number of hydrogen-bond acceptors (Lipinski definition) is 3. The van der Waals surface area contributed by atoms with Crippen LogP contribution in [0.3, 0.4) is 0 Å². The number of hydrogen-bond donors (Lipinski definition) is 0. The Hall–Kier alpha value is -1.94. The van der Waals surface area contributed by atoms with Gasteiger partial charge in [0, 0.05) is 25.9 Å². The van der Waals surface area contributed by atoms with Crippen LogP contribution in [-0.4, -0.2) is 23.1 Å². The van der Waals surface area contributed by atoms with Gasteiger partial charge in [0.05, 0.1) is 4.88 Å². The Morgan fingerprint density at radius 3 is 2.45 bits per heavy atom. The Balaban J connectivity index is 1.78. The van der Waals surface area contributed by atoms with Gasteiger partial charge in [0.15, 0.2) is 5.78 Å². The van der Waals surface area contributed by atoms with Crippen molar-refractivity contribution >= 4 is 23.0 Å². The molecule has 3 nitrogen and oxygen atoms in total. The van der Waals surface area contributed by atoms with E-state index in [9.17, 15) is 9.59 Å². The molecule has 1 aromatic carbocycles. The van der Waals surface area contributed by atoms with Crippen LogP contribution in [0.25, 0.3) is 0 Å². The molecule has 0 saturated carbocycles. The van der Waals surface area contributed by atoms with Crippen LogP contribution in [0.1, 0.15) is 41.4 Å². The van der Waals surface area contributed by atoms with E-state index in [0.29, 0.717) is 32.4 Å². The first-order chi connectivity index (χ1) is 10.7. The lowest BCUT2D eigenvalue weighted by molar-refractivity contribution is -0.131. The molecule has 1 aromatic heterocycles. The molecule has 0 radical (unpaired) electrons. The number of rotatable bonds is 8. The number of thiophene rings is 1. The van der Waals surface area contributed by atoms with Crippen molar-refractivity contribution in [1.82, 2.24) is 4.90 Å². The highest BCUT2D eigenvalue weighted by Crippen LogP contribution is 2.14. The molecule has 0 aliphatic carbocycles. The van der Waals surface area contributed by atoms with Crippen LogP contribution in [0.4, 0.5) is 0 Å². The zero-order chi connectivity index (χ0) is 15.8. The standard InChI is InChI=1S/C18H21NO2S/c1-2-19(14-15-8-4-3-5-9-15)18(21)12-6-10-16(20)17-11-7-13-22-17/h3-5,7-9,11,13H,2,6,10,12,14H2,1H3. The van der Waals surface area contributed by atoms with E-state index in [4.69, 9.17) is 0 Å². The summed E-state index contributed by atoms with van der Waals surface area (Å²) in [5, 5.41) is 1.90. The van der Waals surface area contributed by atoms with E-state index < -0.39 is 0 Å². The molecule has 2 aromatic rings. The lowest BCUT2D eigenvalue weighted by Gasteiger charge is -2.21. The Morgan fingerprint density at radius 1 is 1.05 bits per heavy atom. The third-order valence-corrected chi connectivity index (χ3v) is 4.45. The van der Waals surface area contributed by atoms with Crippen molar-refractivity contribution < 1.29 is 9.59 Å². The summed E-state index contributed by atoms with van der Waals surface area (Å²) in [6, 6.07) is 13.7. The summed E-state index contributed by atoms with van der Waals surface area (Å²) >= 11 is 1.46. The second kappa shape index (κ2) is 8.49. The van der Waals surface area contributed by atoms with Gasteiger partial charge in [-0.1, -0.05) is 36.4 Å². The zero-order valence-electron chi connectivity index (χ0n) is 12.8. The van der Waals surface area contributed by atoms with Crippen LogP contribution in [0.2, 0.25) is 0 Å². The molecule has 22 heavy (non-hydrogen) atoms. The highest BCUT2D eigenvalue weighted by Gasteiger charge is 2.13. The molecule has 1 heterocycles. The number of amides is 1. The molecule has 0 fully saturated rings. The Labute approximate surface area is 135 Å². The molecule has 0 spiro atoms. The van der Waals surface area contributed by atoms with Crippen LogP contribution in [0.15, 0.2) is 47.8 Å². The number of benzene rings is 1. The fraction of sp³-hybridized carbons (Fsp3) is 0.333. The van der Waals surface area contributed by atoms with Crippen molar-refractivity contribution in [1.29, 1.82) is 0 Å². The average Bonchev–Trinajstić information content (AvgIpc) is 3.08. The third kappa shape index (κ3) is 4.81. The predicted octanol–water partition coefficient (Wildman–Crippen LogP) is 4.15. The number of ketones is 1. The van der Waals surface area contributed by atoms with Gasteiger partial charge in [-0.15, -0.1) is 11.3 Å². The van der Waals surface area contributed by atoms with Gasteiger partial charge < -0.3 is 4.90 Å². The molecule has 0 aliphatic rings. The minimum absolute atomic E-state index is 0.116. The summed E-state index contributed by atoms with van der Waals surface area (Å²) in [5.74, 6) is 0.249. The summed E-state index contributed by atoms with van der Waals surface area (Å²) in [6.07, 6.45) is 1.48. The molecule has 0 aliphatic heterocycles. The van der Waals surface area contributed by atoms with Crippen LogP contribution >= 0.6 is 11.3 Å². The van der Waals surface area contributed by atoms with Crippen molar-refractivity contribution in [2.45, 2.75) is 32.7 Å². The largest absolute Gasteiger partial charge is 0.339 e. The van der Waals surface area contributed by atoms with Crippen LogP contribution in [0.5, 0.6) is 0 Å². The van der Waals surface area contributed by atoms with Crippen molar-refractivity contribution in [2.75, 3.05) is 6.54 Å². The van der Waals surface area contributed by atoms with E-state index in [1.807, 2.05) is 59.7 Å². The SMILES string of the molecule is CCN(Cc1ccccc1)C(=O)CCCC(=O)c1cccs1. The quantitative estimate of drug-likeness (QED) is 0.686. The Bertz CT molecular complexity index is 593. The summed E-state index contributed by atoms with van der Waals surface area (Å²) < 4.78 is 0. The average molecular weight is 315 g/mol. The van der Waals surface area contributed by atoms with E-state index >= 15 is 0 Å². The van der Waals surface area contributed by atoms with E-state index in [-0.39, 0.29) is 11.7 Å². The van der Waals surface area contributed by atoms with Gasteiger partial charge in [-0.25, -0.2) is 0 Å². The zero-order valence-corrected chi connectivity index (χ0v) is 13.6. The first-order valence-corrected chi connectivity index (χ1v) is 8.47. The van der Waals surface area contributed by atoms with Crippen LogP contribution < -0.4 is 0 Å². The number of nitrogens with zero attached hydrogens (tertiary/aromatic N) is 1. The van der Waals surface area contributed by atoms with Crippen molar-refractivity contribution in [3.8, 4) is 0 Å². The summed E-state index contributed by atoms with van der Waals surface area (Å²) in [7, 11) is 0. The lowest BCUT2D eigenvalue weighted by Crippen LogP contribution is -2.30. The smallest absolute Gasteiger partial charge is 0.222 e. The van der Waals surface area contributed by atoms with Crippen molar-refractivity contribution in [2.24, 2.45) is 0 Å². The van der Waals surface area contributed by atoms with Gasteiger partial charge in [0.25, 0.3) is 0 Å². The summed E-state index contributed by atoms with van der Waals surface area (Å²) in [5.41, 5.74) is 1.13. The maximum absolute atomic E-state index is 12.3. The summed E-state index contributed by atoms with van der Waals surface area (Å²) in [6.45, 7) is 3.30. The lowest BCUT2D eigenvalue weighted by atomic mass is 10.1. The molecule has 4 heteroatoms. The Morgan fingerprint density at radius 2 is 1.82 bits per heavy atom. The maximum atomic E-state index is 12.3. The molecule has 0 atom stereocenters. The van der Waals surface area contributed by atoms with Gasteiger partial charge in [0.2, 0.25) is 5.91 Å². The fourth-order valence-electron chi connectivity index (χ4n) is 2.30. The van der Waals surface area contributed by atoms with Gasteiger partial charge in [-0.2, -0.15) is 0 Å². The van der Waals surface area contributed by atoms with E-state index in [1.165, 1.54) is 11.3 Å². The molecular formula is C18H21NO2S. The molecule has 0 N–H and O–H groups in total. The topological polar surface area (TPSA) is 37.4 Å². The molecular weight excluding hydrogens is 294 g/mol. The van der Waals surface area contributed by atoms with E-state index in [0.717, 1.165) is 10.4 Å². The minimum atomic E-state index is 0.116. The summed E-state index contributed by atoms with van der Waals surface area (Å²) in [4.78, 5) is 26.8. The van der Waals surface area contributed by atoms with E-state index in [1.54, 1.807) is 0 Å². The molecule has 116 valence electrons. The molecule has 0 saturated heterocycles. The first kappa shape index (κ1) is 16.4. The van der Waals surface area contributed by atoms with Crippen molar-refractivity contribution in [3.63, 3.8) is 0 Å². The fourth-order valence-corrected chi connectivity index (χ4v) is 2.99. The van der Waals surface area contributed by atoms with E-state index in [2.05, 4.69) is 0 Å². The van der Waals surface area contributed by atoms with Crippen LogP contribution in [-0.2, 0) is 11.3 Å². The predicted molar refractivity (Wildman–Crippen MR) is 90.0 cm³/mol. The number of carbonyl (C=O) groups is 2. The second-order valence-electron chi connectivity index (χ2n) is 5.15. The number of carbonyl (C=O) groups excluding carboxylic acids is 2. The Kier molecular flexibility index (Phi) is 6.34. The number of Topliss-reactive ketones (excluding diaryl/α,β-unsaturated/α-hetero) is 1. The monoisotopic (exact) mass is 315 g/mol. The molecule has 0 unspecified atom stereocenters. The highest BCUT2D eigenvalue weighted by atomic mass is 32.1. The van der Waals surface area contributed by atoms with Gasteiger partial charge >= 0.3 is 0 Å². The molecule has 0 bridgehead atoms. The first-order valence-electron chi connectivity index (χ1n) is 7.59. The van der Waals surface area contributed by atoms with Crippen LogP contribution in [0, 0.1) is 0 Å². The molecule has 2 rings (SSSR count). The van der Waals surface area contributed by atoms with Crippen molar-refractivity contribution in [3.05, 3.63) is 58.3 Å². The molecule has 1 amide bonds. The maximum Gasteiger partial charge on any atom is 0.222 e. The normalized spacial score (nSPS) is 10.4. The van der Waals surface area contributed by atoms with Gasteiger partial charge in [-0.3, -0.25) is 9.59 Å².